The largest absolute Gasteiger partial charge is 0.334 e. The third kappa shape index (κ3) is 3.46. The second-order valence-electron chi connectivity index (χ2n) is 5.24. The molecule has 9 nitrogen and oxygen atoms in total. The molecule has 0 radical (unpaired) electrons. The van der Waals surface area contributed by atoms with Gasteiger partial charge in [0.2, 0.25) is 0 Å². The van der Waals surface area contributed by atoms with Crippen LogP contribution in [0.25, 0.3) is 11.5 Å². The fourth-order valence-electron chi connectivity index (χ4n) is 2.41. The number of pyridine rings is 1. The average Bonchev–Trinajstić information content (AvgIpc) is 2.97. The van der Waals surface area contributed by atoms with Crippen molar-refractivity contribution in [3.8, 4) is 11.5 Å². The van der Waals surface area contributed by atoms with Gasteiger partial charge in [0.25, 0.3) is 11.6 Å². The van der Waals surface area contributed by atoms with Crippen molar-refractivity contribution in [1.82, 2.24) is 25.3 Å². The summed E-state index contributed by atoms with van der Waals surface area (Å²) in [6.45, 7) is 4.30. The summed E-state index contributed by atoms with van der Waals surface area (Å²) >= 11 is 0. The molecule has 0 aliphatic carbocycles. The summed E-state index contributed by atoms with van der Waals surface area (Å²) in [7, 11) is 2.00. The minimum atomic E-state index is -0.494. The number of rotatable bonds is 3. The molecule has 0 amide bonds. The zero-order chi connectivity index (χ0) is 15.7. The Hall–Kier alpha value is -2.10. The second-order valence-corrected chi connectivity index (χ2v) is 5.24. The summed E-state index contributed by atoms with van der Waals surface area (Å²) in [6, 6.07) is 1.43. The lowest BCUT2D eigenvalue weighted by molar-refractivity contribution is -0.385. The Morgan fingerprint density at radius 2 is 2.30 bits per heavy atom. The zero-order valence-corrected chi connectivity index (χ0v) is 13.5. The van der Waals surface area contributed by atoms with Crippen LogP contribution in [0, 0.1) is 17.0 Å². The number of likely N-dealkylation sites (N-methyl/N-ethyl adjacent to an activating group) is 1. The van der Waals surface area contributed by atoms with Crippen LogP contribution < -0.4 is 5.32 Å². The number of aromatic nitrogens is 3. The first-order valence-electron chi connectivity index (χ1n) is 6.92. The Labute approximate surface area is 138 Å². The van der Waals surface area contributed by atoms with E-state index in [4.69, 9.17) is 4.52 Å². The molecule has 1 atom stereocenters. The lowest BCUT2D eigenvalue weighted by atomic mass is 10.2. The first kappa shape index (κ1) is 17.3. The lowest BCUT2D eigenvalue weighted by Gasteiger charge is -2.30. The van der Waals surface area contributed by atoms with Crippen LogP contribution in [0.4, 0.5) is 5.69 Å². The van der Waals surface area contributed by atoms with Gasteiger partial charge in [-0.05, 0) is 14.0 Å². The molecule has 2 aromatic rings. The van der Waals surface area contributed by atoms with E-state index in [2.05, 4.69) is 25.3 Å². The molecule has 0 aromatic carbocycles. The van der Waals surface area contributed by atoms with Crippen LogP contribution in [-0.4, -0.2) is 51.6 Å². The quantitative estimate of drug-likeness (QED) is 0.658. The van der Waals surface area contributed by atoms with Gasteiger partial charge in [-0.1, -0.05) is 5.16 Å². The number of hydrogen-bond donors (Lipinski definition) is 1. The lowest BCUT2D eigenvalue weighted by Crippen LogP contribution is -2.44. The van der Waals surface area contributed by atoms with Crippen LogP contribution in [0.2, 0.25) is 0 Å². The standard InChI is InChI=1S/C13H16N6O3.ClH/c1-8-10(5-9(6-15-8)19(20)21)13-16-12(17-22-13)11-7-14-3-4-18(11)2;/h5-6,11,14H,3-4,7H2,1-2H3;1H. The molecule has 124 valence electrons. The van der Waals surface area contributed by atoms with Gasteiger partial charge in [-0.25, -0.2) is 0 Å². The first-order valence-corrected chi connectivity index (χ1v) is 6.92. The maximum absolute atomic E-state index is 10.9. The molecule has 0 saturated carbocycles. The fourth-order valence-corrected chi connectivity index (χ4v) is 2.41. The van der Waals surface area contributed by atoms with Gasteiger partial charge in [-0.2, -0.15) is 4.98 Å². The summed E-state index contributed by atoms with van der Waals surface area (Å²) in [5.41, 5.74) is 0.993. The predicted octanol–water partition coefficient (Wildman–Crippen LogP) is 1.35. The van der Waals surface area contributed by atoms with Crippen molar-refractivity contribution < 1.29 is 9.45 Å². The van der Waals surface area contributed by atoms with Crippen molar-refractivity contribution in [2.75, 3.05) is 26.7 Å². The maximum atomic E-state index is 10.9. The molecule has 23 heavy (non-hydrogen) atoms. The van der Waals surface area contributed by atoms with Crippen molar-refractivity contribution in [3.05, 3.63) is 33.9 Å². The van der Waals surface area contributed by atoms with Crippen molar-refractivity contribution in [2.24, 2.45) is 0 Å². The number of halogens is 1. The van der Waals surface area contributed by atoms with Crippen molar-refractivity contribution in [1.29, 1.82) is 0 Å². The normalized spacial score (nSPS) is 18.4. The minimum absolute atomic E-state index is 0. The van der Waals surface area contributed by atoms with Gasteiger partial charge < -0.3 is 9.84 Å². The Morgan fingerprint density at radius 3 is 3.00 bits per heavy atom. The monoisotopic (exact) mass is 340 g/mol. The van der Waals surface area contributed by atoms with Crippen molar-refractivity contribution in [2.45, 2.75) is 13.0 Å². The van der Waals surface area contributed by atoms with E-state index < -0.39 is 4.92 Å². The molecular weight excluding hydrogens is 324 g/mol. The van der Waals surface area contributed by atoms with E-state index in [1.54, 1.807) is 6.92 Å². The van der Waals surface area contributed by atoms with Crippen LogP contribution in [-0.2, 0) is 0 Å². The van der Waals surface area contributed by atoms with Crippen LogP contribution in [0.3, 0.4) is 0 Å². The van der Waals surface area contributed by atoms with Gasteiger partial charge in [0.15, 0.2) is 5.82 Å². The van der Waals surface area contributed by atoms with E-state index in [0.717, 1.165) is 19.6 Å². The van der Waals surface area contributed by atoms with Gasteiger partial charge in [-0.15, -0.1) is 12.4 Å². The first-order chi connectivity index (χ1) is 10.6. The molecule has 0 spiro atoms. The van der Waals surface area contributed by atoms with Gasteiger partial charge in [0, 0.05) is 25.7 Å². The number of hydrogen-bond acceptors (Lipinski definition) is 8. The van der Waals surface area contributed by atoms with Crippen molar-refractivity contribution in [3.63, 3.8) is 0 Å². The van der Waals surface area contributed by atoms with Gasteiger partial charge in [0.05, 0.1) is 22.2 Å². The highest BCUT2D eigenvalue weighted by Gasteiger charge is 2.26. The molecular formula is C13H17ClN6O3. The Bertz CT molecular complexity index is 707. The highest BCUT2D eigenvalue weighted by Crippen LogP contribution is 2.26. The van der Waals surface area contributed by atoms with E-state index in [-0.39, 0.29) is 30.0 Å². The molecule has 3 rings (SSSR count). The maximum Gasteiger partial charge on any atom is 0.288 e. The van der Waals surface area contributed by atoms with Crippen LogP contribution >= 0.6 is 12.4 Å². The Morgan fingerprint density at radius 1 is 1.52 bits per heavy atom. The fraction of sp³-hybridized carbons (Fsp3) is 0.462. The number of nitrogens with zero attached hydrogens (tertiary/aromatic N) is 5. The molecule has 1 aliphatic heterocycles. The van der Waals surface area contributed by atoms with Crippen LogP contribution in [0.1, 0.15) is 17.6 Å². The van der Waals surface area contributed by atoms with Crippen molar-refractivity contribution >= 4 is 18.1 Å². The number of nitro groups is 1. The number of aryl methyl sites for hydroxylation is 1. The highest BCUT2D eigenvalue weighted by atomic mass is 35.5. The summed E-state index contributed by atoms with van der Waals surface area (Å²) in [5, 5.41) is 18.2. The SMILES string of the molecule is Cc1ncc([N+](=O)[O-])cc1-c1nc(C2CNCCN2C)no1.Cl. The summed E-state index contributed by atoms with van der Waals surface area (Å²) in [6.07, 6.45) is 1.22. The van der Waals surface area contributed by atoms with E-state index >= 15 is 0 Å². The van der Waals surface area contributed by atoms with E-state index in [1.807, 2.05) is 7.05 Å². The van der Waals surface area contributed by atoms with Crippen LogP contribution in [0.15, 0.2) is 16.8 Å². The average molecular weight is 341 g/mol. The Kier molecular flexibility index (Phi) is 5.24. The van der Waals surface area contributed by atoms with Gasteiger partial charge in [-0.3, -0.25) is 20.0 Å². The molecule has 0 bridgehead atoms. The molecule has 1 N–H and O–H groups in total. The molecule has 1 fully saturated rings. The second kappa shape index (κ2) is 6.99. The number of piperazine rings is 1. The third-order valence-electron chi connectivity index (χ3n) is 3.76. The predicted molar refractivity (Wildman–Crippen MR) is 84.4 cm³/mol. The smallest absolute Gasteiger partial charge is 0.288 e. The van der Waals surface area contributed by atoms with E-state index in [0.29, 0.717) is 17.1 Å². The van der Waals surface area contributed by atoms with E-state index in [1.165, 1.54) is 12.3 Å². The molecule has 3 heterocycles. The molecule has 1 unspecified atom stereocenters. The summed E-state index contributed by atoms with van der Waals surface area (Å²) < 4.78 is 5.29. The summed E-state index contributed by atoms with van der Waals surface area (Å²) in [5.74, 6) is 0.818. The zero-order valence-electron chi connectivity index (χ0n) is 12.7. The van der Waals surface area contributed by atoms with Gasteiger partial charge in [0.1, 0.15) is 6.20 Å². The molecule has 2 aromatic heterocycles. The van der Waals surface area contributed by atoms with Gasteiger partial charge >= 0.3 is 0 Å². The topological polar surface area (TPSA) is 110 Å². The minimum Gasteiger partial charge on any atom is -0.334 e. The molecule has 10 heteroatoms. The molecule has 1 aliphatic rings. The number of nitrogens with one attached hydrogen (secondary N) is 1. The summed E-state index contributed by atoms with van der Waals surface area (Å²) in [4.78, 5) is 20.9. The molecule has 1 saturated heterocycles. The van der Waals surface area contributed by atoms with Crippen LogP contribution in [0.5, 0.6) is 0 Å². The van der Waals surface area contributed by atoms with E-state index in [9.17, 15) is 10.1 Å². The Balaban J connectivity index is 0.00000192. The highest BCUT2D eigenvalue weighted by molar-refractivity contribution is 5.85. The third-order valence-corrected chi connectivity index (χ3v) is 3.76.